The number of nitriles is 1. The van der Waals surface area contributed by atoms with Crippen molar-refractivity contribution in [3.05, 3.63) is 198 Å². The zero-order valence-corrected chi connectivity index (χ0v) is 28.7. The molecule has 0 N–H and O–H groups in total. The van der Waals surface area contributed by atoms with Crippen molar-refractivity contribution in [1.82, 2.24) is 15.0 Å². The van der Waals surface area contributed by atoms with E-state index in [4.69, 9.17) is 15.0 Å². The molecule has 0 unspecified atom stereocenters. The summed E-state index contributed by atoms with van der Waals surface area (Å²) in [5.74, 6) is 1.78. The summed E-state index contributed by atoms with van der Waals surface area (Å²) >= 11 is 1.84. The molecule has 52 heavy (non-hydrogen) atoms. The Morgan fingerprint density at radius 3 is 1.63 bits per heavy atom. The molecule has 0 radical (unpaired) electrons. The smallest absolute Gasteiger partial charge is 0.164 e. The van der Waals surface area contributed by atoms with Crippen LogP contribution in [0.3, 0.4) is 0 Å². The summed E-state index contributed by atoms with van der Waals surface area (Å²) in [7, 11) is 0. The van der Waals surface area contributed by atoms with Crippen LogP contribution < -0.4 is 0 Å². The second-order valence-corrected chi connectivity index (χ2v) is 14.1. The summed E-state index contributed by atoms with van der Waals surface area (Å²) < 4.78 is 0. The van der Waals surface area contributed by atoms with Crippen molar-refractivity contribution < 1.29 is 0 Å². The SMILES string of the molecule is N#Cc1ccccc1-c1cccc(-c2nc(-c3ccccc3)nc(-c3ccc4c(c3)C3(c5ccccc5Sc5ccccc53)c3ccccc3-4)n2)c1. The standard InChI is InChI=1S/C47H28N4S/c48-29-34-15-4-5-18-35(34)31-16-12-17-32(27-31)45-49-44(30-13-2-1-3-14-30)50-46(51-45)33-25-26-37-36-19-6-7-20-38(36)47(41(37)28-33)39-21-8-10-23-42(39)52-43-24-11-9-22-40(43)47/h1-28H. The lowest BCUT2D eigenvalue weighted by atomic mass is 9.67. The van der Waals surface area contributed by atoms with E-state index in [9.17, 15) is 5.26 Å². The van der Waals surface area contributed by atoms with Gasteiger partial charge in [0.2, 0.25) is 0 Å². The lowest BCUT2D eigenvalue weighted by Gasteiger charge is -2.39. The highest BCUT2D eigenvalue weighted by atomic mass is 32.2. The van der Waals surface area contributed by atoms with E-state index in [1.54, 1.807) is 0 Å². The lowest BCUT2D eigenvalue weighted by molar-refractivity contribution is 0.722. The van der Waals surface area contributed by atoms with Gasteiger partial charge in [-0.05, 0) is 74.8 Å². The van der Waals surface area contributed by atoms with Crippen LogP contribution in [0.4, 0.5) is 0 Å². The van der Waals surface area contributed by atoms with Crippen molar-refractivity contribution in [1.29, 1.82) is 5.26 Å². The molecule has 8 aromatic rings. The highest BCUT2D eigenvalue weighted by Crippen LogP contribution is 2.62. The van der Waals surface area contributed by atoms with Crippen LogP contribution in [0.2, 0.25) is 0 Å². The van der Waals surface area contributed by atoms with Gasteiger partial charge in [-0.2, -0.15) is 5.26 Å². The Bertz CT molecular complexity index is 2700. The van der Waals surface area contributed by atoms with Gasteiger partial charge in [0.05, 0.1) is 17.0 Å². The van der Waals surface area contributed by atoms with Gasteiger partial charge in [-0.3, -0.25) is 0 Å². The molecule has 5 heteroatoms. The molecule has 242 valence electrons. The van der Waals surface area contributed by atoms with Crippen LogP contribution in [-0.4, -0.2) is 15.0 Å². The van der Waals surface area contributed by atoms with Crippen molar-refractivity contribution >= 4 is 11.8 Å². The minimum absolute atomic E-state index is 0.499. The molecular formula is C47H28N4S. The molecule has 0 atom stereocenters. The first kappa shape index (κ1) is 30.2. The van der Waals surface area contributed by atoms with Gasteiger partial charge < -0.3 is 0 Å². The van der Waals surface area contributed by atoms with Gasteiger partial charge in [-0.1, -0.05) is 151 Å². The van der Waals surface area contributed by atoms with Crippen LogP contribution in [0.5, 0.6) is 0 Å². The fourth-order valence-electron chi connectivity index (χ4n) is 8.00. The predicted molar refractivity (Wildman–Crippen MR) is 208 cm³/mol. The minimum Gasteiger partial charge on any atom is -0.208 e. The molecule has 2 heterocycles. The molecule has 1 aliphatic carbocycles. The minimum atomic E-state index is -0.499. The summed E-state index contributed by atoms with van der Waals surface area (Å²) in [6, 6.07) is 61.4. The second-order valence-electron chi connectivity index (χ2n) is 13.1. The molecule has 4 nitrogen and oxygen atoms in total. The Kier molecular flexibility index (Phi) is 6.99. The van der Waals surface area contributed by atoms with Crippen LogP contribution in [0.15, 0.2) is 180 Å². The molecule has 2 aliphatic rings. The molecule has 0 saturated carbocycles. The third-order valence-electron chi connectivity index (χ3n) is 10.3. The van der Waals surface area contributed by atoms with Crippen molar-refractivity contribution in [2.24, 2.45) is 0 Å². The van der Waals surface area contributed by atoms with Crippen molar-refractivity contribution in [2.75, 3.05) is 0 Å². The number of rotatable bonds is 4. The summed E-state index contributed by atoms with van der Waals surface area (Å²) in [4.78, 5) is 17.9. The normalized spacial score (nSPS) is 13.1. The first-order valence-electron chi connectivity index (χ1n) is 17.3. The van der Waals surface area contributed by atoms with Crippen LogP contribution in [-0.2, 0) is 5.41 Å². The Labute approximate surface area is 306 Å². The lowest BCUT2D eigenvalue weighted by Crippen LogP contribution is -2.31. The molecule has 7 aromatic carbocycles. The Hall–Kier alpha value is -6.61. The molecular weight excluding hydrogens is 653 g/mol. The number of hydrogen-bond acceptors (Lipinski definition) is 5. The van der Waals surface area contributed by atoms with Crippen molar-refractivity contribution in [3.63, 3.8) is 0 Å². The predicted octanol–water partition coefficient (Wildman–Crippen LogP) is 11.2. The van der Waals surface area contributed by atoms with E-state index in [0.717, 1.165) is 27.8 Å². The van der Waals surface area contributed by atoms with Gasteiger partial charge in [0.15, 0.2) is 17.5 Å². The third kappa shape index (κ3) is 4.59. The van der Waals surface area contributed by atoms with Crippen LogP contribution in [0.1, 0.15) is 27.8 Å². The van der Waals surface area contributed by atoms with Gasteiger partial charge in [0, 0.05) is 26.5 Å². The third-order valence-corrected chi connectivity index (χ3v) is 11.4. The zero-order valence-electron chi connectivity index (χ0n) is 27.9. The molecule has 0 saturated heterocycles. The topological polar surface area (TPSA) is 62.5 Å². The molecule has 1 spiro atoms. The molecule has 10 rings (SSSR count). The summed E-state index contributed by atoms with van der Waals surface area (Å²) in [6.07, 6.45) is 0. The zero-order chi connectivity index (χ0) is 34.6. The maximum absolute atomic E-state index is 9.83. The van der Waals surface area contributed by atoms with E-state index in [-0.39, 0.29) is 0 Å². The van der Waals surface area contributed by atoms with E-state index in [1.807, 2.05) is 84.6 Å². The van der Waals surface area contributed by atoms with Crippen molar-refractivity contribution in [2.45, 2.75) is 15.2 Å². The second kappa shape index (κ2) is 12.0. The van der Waals surface area contributed by atoms with Crippen LogP contribution >= 0.6 is 11.8 Å². The van der Waals surface area contributed by atoms with E-state index < -0.39 is 5.41 Å². The molecule has 1 aromatic heterocycles. The van der Waals surface area contributed by atoms with E-state index >= 15 is 0 Å². The summed E-state index contributed by atoms with van der Waals surface area (Å²) in [5, 5.41) is 9.83. The van der Waals surface area contributed by atoms with Gasteiger partial charge in [-0.15, -0.1) is 0 Å². The van der Waals surface area contributed by atoms with E-state index in [2.05, 4.69) is 103 Å². The number of hydrogen-bond donors (Lipinski definition) is 0. The average Bonchev–Trinajstić information content (AvgIpc) is 3.51. The molecule has 1 aliphatic heterocycles. The number of benzene rings is 7. The van der Waals surface area contributed by atoms with E-state index in [0.29, 0.717) is 23.0 Å². The fourth-order valence-corrected chi connectivity index (χ4v) is 9.19. The maximum Gasteiger partial charge on any atom is 0.164 e. The average molecular weight is 681 g/mol. The van der Waals surface area contributed by atoms with Crippen LogP contribution in [0, 0.1) is 11.3 Å². The molecule has 0 bridgehead atoms. The quantitative estimate of drug-likeness (QED) is 0.185. The van der Waals surface area contributed by atoms with Gasteiger partial charge in [0.25, 0.3) is 0 Å². The van der Waals surface area contributed by atoms with Gasteiger partial charge >= 0.3 is 0 Å². The summed E-state index contributed by atoms with van der Waals surface area (Å²) in [5.41, 5.74) is 12.2. The highest BCUT2D eigenvalue weighted by Gasteiger charge is 2.50. The Balaban J connectivity index is 1.21. The number of aromatic nitrogens is 3. The van der Waals surface area contributed by atoms with Gasteiger partial charge in [-0.25, -0.2) is 15.0 Å². The molecule has 0 fully saturated rings. The fraction of sp³-hybridized carbons (Fsp3) is 0.0213. The summed E-state index contributed by atoms with van der Waals surface area (Å²) in [6.45, 7) is 0. The highest BCUT2D eigenvalue weighted by molar-refractivity contribution is 7.99. The van der Waals surface area contributed by atoms with Gasteiger partial charge in [0.1, 0.15) is 0 Å². The molecule has 0 amide bonds. The monoisotopic (exact) mass is 680 g/mol. The Morgan fingerprint density at radius 2 is 0.923 bits per heavy atom. The first-order valence-corrected chi connectivity index (χ1v) is 18.1. The number of nitrogens with zero attached hydrogens (tertiary/aromatic N) is 4. The van der Waals surface area contributed by atoms with E-state index in [1.165, 1.54) is 43.2 Å². The Morgan fingerprint density at radius 1 is 0.404 bits per heavy atom. The number of fused-ring (bicyclic) bond motifs is 9. The maximum atomic E-state index is 9.83. The first-order chi connectivity index (χ1) is 25.7. The van der Waals surface area contributed by atoms with Crippen molar-refractivity contribution in [3.8, 4) is 62.5 Å². The largest absolute Gasteiger partial charge is 0.208 e. The van der Waals surface area contributed by atoms with Crippen LogP contribution in [0.25, 0.3) is 56.4 Å².